The van der Waals surface area contributed by atoms with Crippen LogP contribution >= 0.6 is 34.3 Å². The Morgan fingerprint density at radius 3 is 2.37 bits per heavy atom. The van der Waals surface area contributed by atoms with E-state index in [1.165, 1.54) is 22.7 Å². The number of sulfonamides is 1. The zero-order valence-corrected chi connectivity index (χ0v) is 19.9. The SMILES string of the molecule is Cc1nc(-c2ccc(Cl)s2)sc1C(=O)NCc1ccc(CS(=O)(=O)NC(C)C)cc1. The Morgan fingerprint density at radius 1 is 1.10 bits per heavy atom. The topological polar surface area (TPSA) is 88.2 Å². The molecule has 1 aromatic carbocycles. The number of benzene rings is 1. The molecule has 2 aromatic heterocycles. The highest BCUT2D eigenvalue weighted by atomic mass is 35.5. The van der Waals surface area contributed by atoms with Crippen molar-refractivity contribution < 1.29 is 13.2 Å². The lowest BCUT2D eigenvalue weighted by Crippen LogP contribution is -2.31. The first-order valence-electron chi connectivity index (χ1n) is 9.22. The second-order valence-electron chi connectivity index (χ2n) is 7.07. The van der Waals surface area contributed by atoms with Gasteiger partial charge in [-0.15, -0.1) is 22.7 Å². The van der Waals surface area contributed by atoms with Gasteiger partial charge in [-0.25, -0.2) is 18.1 Å². The van der Waals surface area contributed by atoms with Gasteiger partial charge in [0.15, 0.2) is 0 Å². The fourth-order valence-corrected chi connectivity index (χ4v) is 6.29. The normalized spacial score (nSPS) is 11.8. The van der Waals surface area contributed by atoms with Crippen LogP contribution in [0.2, 0.25) is 4.34 Å². The molecular weight excluding hydrogens is 462 g/mol. The minimum atomic E-state index is -3.37. The summed E-state index contributed by atoms with van der Waals surface area (Å²) in [6.07, 6.45) is 0. The predicted molar refractivity (Wildman–Crippen MR) is 124 cm³/mol. The summed E-state index contributed by atoms with van der Waals surface area (Å²) in [4.78, 5) is 18.6. The van der Waals surface area contributed by atoms with Gasteiger partial charge < -0.3 is 5.32 Å². The van der Waals surface area contributed by atoms with E-state index in [9.17, 15) is 13.2 Å². The third kappa shape index (κ3) is 6.12. The summed E-state index contributed by atoms with van der Waals surface area (Å²) >= 11 is 8.75. The zero-order chi connectivity index (χ0) is 21.9. The summed E-state index contributed by atoms with van der Waals surface area (Å²) in [5.74, 6) is -0.264. The molecule has 6 nitrogen and oxygen atoms in total. The largest absolute Gasteiger partial charge is 0.347 e. The minimum absolute atomic E-state index is 0.0760. The first-order chi connectivity index (χ1) is 14.1. The number of hydrogen-bond donors (Lipinski definition) is 2. The van der Waals surface area contributed by atoms with Crippen LogP contribution in [-0.4, -0.2) is 25.4 Å². The van der Waals surface area contributed by atoms with Crippen molar-refractivity contribution in [3.63, 3.8) is 0 Å². The van der Waals surface area contributed by atoms with Gasteiger partial charge in [-0.1, -0.05) is 35.9 Å². The number of aryl methyl sites for hydroxylation is 1. The van der Waals surface area contributed by atoms with E-state index in [1.807, 2.05) is 31.2 Å². The van der Waals surface area contributed by atoms with Gasteiger partial charge in [0.2, 0.25) is 10.0 Å². The average molecular weight is 484 g/mol. The third-order valence-corrected chi connectivity index (χ3v) is 8.14. The second-order valence-corrected chi connectivity index (χ2v) is 11.5. The molecule has 0 atom stereocenters. The van der Waals surface area contributed by atoms with Crippen LogP contribution in [0.1, 0.15) is 40.3 Å². The summed E-state index contributed by atoms with van der Waals surface area (Å²) in [5.41, 5.74) is 2.25. The van der Waals surface area contributed by atoms with Gasteiger partial charge >= 0.3 is 0 Å². The van der Waals surface area contributed by atoms with Gasteiger partial charge in [0, 0.05) is 12.6 Å². The molecule has 0 radical (unpaired) electrons. The smallest absolute Gasteiger partial charge is 0.263 e. The van der Waals surface area contributed by atoms with Crippen LogP contribution < -0.4 is 10.0 Å². The van der Waals surface area contributed by atoms with Crippen molar-refractivity contribution in [1.82, 2.24) is 15.0 Å². The van der Waals surface area contributed by atoms with E-state index in [1.54, 1.807) is 26.0 Å². The van der Waals surface area contributed by atoms with Gasteiger partial charge in [-0.2, -0.15) is 0 Å². The number of amides is 1. The zero-order valence-electron chi connectivity index (χ0n) is 16.7. The molecule has 2 N–H and O–H groups in total. The molecule has 0 aliphatic heterocycles. The molecular formula is C20H22ClN3O3S3. The Morgan fingerprint density at radius 2 is 1.77 bits per heavy atom. The monoisotopic (exact) mass is 483 g/mol. The summed E-state index contributed by atoms with van der Waals surface area (Å²) in [7, 11) is -3.37. The Hall–Kier alpha value is -1.78. The Bertz CT molecular complexity index is 1140. The number of carbonyl (C=O) groups excluding carboxylic acids is 1. The number of nitrogens with one attached hydrogen (secondary N) is 2. The quantitative estimate of drug-likeness (QED) is 0.490. The van der Waals surface area contributed by atoms with E-state index < -0.39 is 10.0 Å². The molecule has 0 fully saturated rings. The lowest BCUT2D eigenvalue weighted by molar-refractivity contribution is 0.0954. The molecule has 1 amide bonds. The maximum Gasteiger partial charge on any atom is 0.263 e. The number of hydrogen-bond acceptors (Lipinski definition) is 6. The maximum atomic E-state index is 12.6. The number of aromatic nitrogens is 1. The van der Waals surface area contributed by atoms with E-state index in [0.717, 1.165) is 15.4 Å². The van der Waals surface area contributed by atoms with Crippen molar-refractivity contribution in [2.75, 3.05) is 0 Å². The third-order valence-electron chi connectivity index (χ3n) is 4.03. The number of thiazole rings is 1. The average Bonchev–Trinajstić information content (AvgIpc) is 3.25. The van der Waals surface area contributed by atoms with Crippen LogP contribution in [0.15, 0.2) is 36.4 Å². The van der Waals surface area contributed by atoms with Gasteiger partial charge in [0.25, 0.3) is 5.91 Å². The van der Waals surface area contributed by atoms with E-state index >= 15 is 0 Å². The van der Waals surface area contributed by atoms with Crippen LogP contribution in [0.3, 0.4) is 0 Å². The lowest BCUT2D eigenvalue weighted by Gasteiger charge is -2.10. The molecule has 3 rings (SSSR count). The molecule has 0 bridgehead atoms. The fraction of sp³-hybridized carbons (Fsp3) is 0.300. The van der Waals surface area contributed by atoms with E-state index in [2.05, 4.69) is 15.0 Å². The number of nitrogens with zero attached hydrogens (tertiary/aromatic N) is 1. The van der Waals surface area contributed by atoms with Crippen molar-refractivity contribution >= 4 is 50.2 Å². The molecule has 2 heterocycles. The summed E-state index contributed by atoms with van der Waals surface area (Å²) in [5, 5.41) is 3.67. The minimum Gasteiger partial charge on any atom is -0.347 e. The highest BCUT2D eigenvalue weighted by Crippen LogP contribution is 2.34. The van der Waals surface area contributed by atoms with Gasteiger partial charge in [0.1, 0.15) is 9.88 Å². The van der Waals surface area contributed by atoms with Crippen molar-refractivity contribution in [1.29, 1.82) is 0 Å². The van der Waals surface area contributed by atoms with Crippen LogP contribution in [0.25, 0.3) is 9.88 Å². The lowest BCUT2D eigenvalue weighted by atomic mass is 10.1. The highest BCUT2D eigenvalue weighted by molar-refractivity contribution is 7.88. The van der Waals surface area contributed by atoms with Crippen molar-refractivity contribution in [2.24, 2.45) is 0 Å². The molecule has 0 spiro atoms. The summed E-state index contributed by atoms with van der Waals surface area (Å²) in [6.45, 7) is 5.72. The Balaban J connectivity index is 1.61. The standard InChI is InChI=1S/C20H22ClN3O3S3/c1-12(2)24-30(26,27)11-15-6-4-14(5-7-15)10-22-19(25)18-13(3)23-20(29-18)16-8-9-17(21)28-16/h4-9,12,24H,10-11H2,1-3H3,(H,22,25). The number of rotatable bonds is 8. The summed E-state index contributed by atoms with van der Waals surface area (Å²) < 4.78 is 27.3. The number of halogens is 1. The molecule has 0 unspecified atom stereocenters. The molecule has 0 saturated carbocycles. The molecule has 10 heteroatoms. The molecule has 0 aliphatic rings. The molecule has 0 saturated heterocycles. The van der Waals surface area contributed by atoms with Crippen molar-refractivity contribution in [3.05, 3.63) is 62.4 Å². The molecule has 3 aromatic rings. The number of carbonyl (C=O) groups is 1. The maximum absolute atomic E-state index is 12.6. The van der Waals surface area contributed by atoms with Crippen molar-refractivity contribution in [2.45, 2.75) is 39.1 Å². The first-order valence-corrected chi connectivity index (χ1v) is 12.9. The van der Waals surface area contributed by atoms with E-state index in [0.29, 0.717) is 27.0 Å². The van der Waals surface area contributed by atoms with Gasteiger partial charge in [0.05, 0.1) is 20.7 Å². The van der Waals surface area contributed by atoms with Crippen molar-refractivity contribution in [3.8, 4) is 9.88 Å². The fourth-order valence-electron chi connectivity index (χ4n) is 2.78. The Kier molecular flexibility index (Phi) is 7.30. The molecule has 160 valence electrons. The van der Waals surface area contributed by atoms with E-state index in [4.69, 9.17) is 11.6 Å². The van der Waals surface area contributed by atoms with Gasteiger partial charge in [-0.05, 0) is 44.0 Å². The predicted octanol–water partition coefficient (Wildman–Crippen LogP) is 4.59. The van der Waals surface area contributed by atoms with E-state index in [-0.39, 0.29) is 17.7 Å². The highest BCUT2D eigenvalue weighted by Gasteiger charge is 2.17. The second kappa shape index (κ2) is 9.57. The van der Waals surface area contributed by atoms with Crippen LogP contribution in [-0.2, 0) is 22.3 Å². The van der Waals surface area contributed by atoms with Gasteiger partial charge in [-0.3, -0.25) is 4.79 Å². The molecule has 30 heavy (non-hydrogen) atoms. The van der Waals surface area contributed by atoms with Crippen LogP contribution in [0.5, 0.6) is 0 Å². The van der Waals surface area contributed by atoms with Crippen LogP contribution in [0, 0.1) is 6.92 Å². The summed E-state index contributed by atoms with van der Waals surface area (Å²) in [6, 6.07) is 10.7. The number of thiophene rings is 1. The Labute approximate surface area is 189 Å². The van der Waals surface area contributed by atoms with Crippen LogP contribution in [0.4, 0.5) is 0 Å². The first kappa shape index (κ1) is 22.9. The molecule has 0 aliphatic carbocycles.